The van der Waals surface area contributed by atoms with Gasteiger partial charge in [0.2, 0.25) is 0 Å². The van der Waals surface area contributed by atoms with Crippen molar-refractivity contribution in [1.29, 1.82) is 0 Å². The van der Waals surface area contributed by atoms with Gasteiger partial charge in [-0.3, -0.25) is 4.79 Å². The summed E-state index contributed by atoms with van der Waals surface area (Å²) in [5.74, 6) is 1.03. The Morgan fingerprint density at radius 1 is 1.41 bits per heavy atom. The van der Waals surface area contributed by atoms with Crippen molar-refractivity contribution in [1.82, 2.24) is 9.97 Å². The maximum atomic E-state index is 12.2. The van der Waals surface area contributed by atoms with Crippen molar-refractivity contribution in [3.8, 4) is 5.75 Å². The number of hydrogen-bond donors (Lipinski definition) is 1. The summed E-state index contributed by atoms with van der Waals surface area (Å²) >= 11 is 11.0. The lowest BCUT2D eigenvalue weighted by molar-refractivity contribution is 0.296. The van der Waals surface area contributed by atoms with Crippen molar-refractivity contribution in [3.05, 3.63) is 54.3 Å². The number of thiophene rings is 1. The maximum absolute atomic E-state index is 12.2. The zero-order valence-electron chi connectivity index (χ0n) is 11.9. The van der Waals surface area contributed by atoms with Crippen molar-refractivity contribution < 1.29 is 4.74 Å². The first-order valence-electron chi connectivity index (χ1n) is 6.52. The lowest BCUT2D eigenvalue weighted by atomic mass is 10.2. The molecule has 0 unspecified atom stereocenters. The van der Waals surface area contributed by atoms with E-state index in [0.29, 0.717) is 22.0 Å². The average molecular weight is 400 g/mol. The predicted octanol–water partition coefficient (Wildman–Crippen LogP) is 4.60. The van der Waals surface area contributed by atoms with E-state index in [2.05, 4.69) is 25.9 Å². The third-order valence-electron chi connectivity index (χ3n) is 3.35. The molecule has 2 heterocycles. The van der Waals surface area contributed by atoms with Crippen molar-refractivity contribution in [2.45, 2.75) is 20.5 Å². The Kier molecular flexibility index (Phi) is 4.25. The van der Waals surface area contributed by atoms with Gasteiger partial charge in [0.1, 0.15) is 23.0 Å². The molecule has 4 nitrogen and oxygen atoms in total. The highest BCUT2D eigenvalue weighted by atomic mass is 79.9. The summed E-state index contributed by atoms with van der Waals surface area (Å²) in [5, 5.41) is 1.16. The topological polar surface area (TPSA) is 55.0 Å². The van der Waals surface area contributed by atoms with E-state index in [1.165, 1.54) is 11.3 Å². The molecule has 0 amide bonds. The Hall–Kier alpha value is -1.37. The van der Waals surface area contributed by atoms with Gasteiger partial charge in [-0.15, -0.1) is 11.3 Å². The van der Waals surface area contributed by atoms with Crippen LogP contribution in [-0.2, 0) is 6.61 Å². The second-order valence-corrected chi connectivity index (χ2v) is 7.37. The van der Waals surface area contributed by atoms with Crippen LogP contribution in [0, 0.1) is 13.8 Å². The molecule has 0 radical (unpaired) electrons. The predicted molar refractivity (Wildman–Crippen MR) is 93.2 cm³/mol. The first-order valence-corrected chi connectivity index (χ1v) is 8.51. The Balaban J connectivity index is 1.90. The molecule has 3 aromatic rings. The minimum atomic E-state index is -0.132. The van der Waals surface area contributed by atoms with E-state index < -0.39 is 0 Å². The summed E-state index contributed by atoms with van der Waals surface area (Å²) in [4.78, 5) is 21.2. The van der Waals surface area contributed by atoms with Gasteiger partial charge in [-0.1, -0.05) is 27.5 Å². The van der Waals surface area contributed by atoms with Crippen LogP contribution in [0.5, 0.6) is 5.75 Å². The van der Waals surface area contributed by atoms with Gasteiger partial charge in [0.25, 0.3) is 5.56 Å². The number of aromatic amines is 1. The van der Waals surface area contributed by atoms with Crippen LogP contribution >= 0.6 is 38.9 Å². The molecule has 0 atom stereocenters. The number of nitrogens with one attached hydrogen (secondary N) is 1. The molecule has 1 aromatic carbocycles. The molecular weight excluding hydrogens is 388 g/mol. The summed E-state index contributed by atoms with van der Waals surface area (Å²) in [6.07, 6.45) is 0. The Bertz CT molecular complexity index is 920. The standard InChI is InChI=1S/C15H12BrClN2O2S/c1-7-8(2)22-15-13(7)14(20)18-12(19-15)6-21-11-4-3-9(16)5-10(11)17/h3-5H,6H2,1-2H3,(H,18,19,20). The molecule has 0 aliphatic heterocycles. The van der Waals surface area contributed by atoms with Crippen molar-refractivity contribution >= 4 is 49.1 Å². The number of H-pyrrole nitrogens is 1. The van der Waals surface area contributed by atoms with Gasteiger partial charge < -0.3 is 9.72 Å². The highest BCUT2D eigenvalue weighted by molar-refractivity contribution is 9.10. The highest BCUT2D eigenvalue weighted by Gasteiger charge is 2.12. The molecule has 0 aliphatic carbocycles. The number of ether oxygens (including phenoxy) is 1. The van der Waals surface area contributed by atoms with Crippen LogP contribution in [0.4, 0.5) is 0 Å². The van der Waals surface area contributed by atoms with E-state index in [-0.39, 0.29) is 12.2 Å². The van der Waals surface area contributed by atoms with Crippen LogP contribution in [0.1, 0.15) is 16.3 Å². The summed E-state index contributed by atoms with van der Waals surface area (Å²) < 4.78 is 6.52. The van der Waals surface area contributed by atoms with Gasteiger partial charge in [0.05, 0.1) is 10.4 Å². The molecule has 0 saturated heterocycles. The minimum absolute atomic E-state index is 0.132. The van der Waals surface area contributed by atoms with E-state index in [0.717, 1.165) is 19.7 Å². The molecule has 0 fully saturated rings. The largest absolute Gasteiger partial charge is 0.484 e. The van der Waals surface area contributed by atoms with Crippen LogP contribution in [0.15, 0.2) is 27.5 Å². The quantitative estimate of drug-likeness (QED) is 0.700. The third-order valence-corrected chi connectivity index (χ3v) is 5.24. The molecular formula is C15H12BrClN2O2S. The Morgan fingerprint density at radius 2 is 2.18 bits per heavy atom. The number of aromatic nitrogens is 2. The highest BCUT2D eigenvalue weighted by Crippen LogP contribution is 2.29. The van der Waals surface area contributed by atoms with Gasteiger partial charge in [0.15, 0.2) is 0 Å². The number of benzene rings is 1. The van der Waals surface area contributed by atoms with Gasteiger partial charge in [-0.2, -0.15) is 0 Å². The molecule has 0 bridgehead atoms. The Labute approximate surface area is 144 Å². The molecule has 0 aliphatic rings. The average Bonchev–Trinajstić information content (AvgIpc) is 2.73. The second kappa shape index (κ2) is 6.02. The van der Waals surface area contributed by atoms with E-state index in [9.17, 15) is 4.79 Å². The van der Waals surface area contributed by atoms with E-state index >= 15 is 0 Å². The number of nitrogens with zero attached hydrogens (tertiary/aromatic N) is 1. The first kappa shape index (κ1) is 15.5. The molecule has 2 aromatic heterocycles. The van der Waals surface area contributed by atoms with Crippen LogP contribution < -0.4 is 10.3 Å². The smallest absolute Gasteiger partial charge is 0.260 e. The van der Waals surface area contributed by atoms with Gasteiger partial charge >= 0.3 is 0 Å². The van der Waals surface area contributed by atoms with Crippen molar-refractivity contribution in [3.63, 3.8) is 0 Å². The second-order valence-electron chi connectivity index (χ2n) is 4.84. The van der Waals surface area contributed by atoms with Crippen LogP contribution in [0.2, 0.25) is 5.02 Å². The monoisotopic (exact) mass is 398 g/mol. The van der Waals surface area contributed by atoms with Crippen molar-refractivity contribution in [2.75, 3.05) is 0 Å². The number of fused-ring (bicyclic) bond motifs is 1. The fourth-order valence-corrected chi connectivity index (χ4v) is 3.88. The molecule has 0 saturated carbocycles. The van der Waals surface area contributed by atoms with Gasteiger partial charge in [-0.25, -0.2) is 4.98 Å². The minimum Gasteiger partial charge on any atom is -0.484 e. The Morgan fingerprint density at radius 3 is 2.91 bits per heavy atom. The van der Waals surface area contributed by atoms with Gasteiger partial charge in [0, 0.05) is 9.35 Å². The first-order chi connectivity index (χ1) is 10.5. The normalized spacial score (nSPS) is 11.1. The molecule has 7 heteroatoms. The van der Waals surface area contributed by atoms with E-state index in [1.807, 2.05) is 19.9 Å². The van der Waals surface area contributed by atoms with E-state index in [1.54, 1.807) is 12.1 Å². The molecule has 1 N–H and O–H groups in total. The summed E-state index contributed by atoms with van der Waals surface area (Å²) in [5.41, 5.74) is 0.851. The lowest BCUT2D eigenvalue weighted by Crippen LogP contribution is -2.13. The molecule has 114 valence electrons. The fraction of sp³-hybridized carbons (Fsp3) is 0.200. The summed E-state index contributed by atoms with van der Waals surface area (Å²) in [6.45, 7) is 4.07. The van der Waals surface area contributed by atoms with Gasteiger partial charge in [-0.05, 0) is 37.6 Å². The summed E-state index contributed by atoms with van der Waals surface area (Å²) in [6, 6.07) is 5.36. The molecule has 22 heavy (non-hydrogen) atoms. The zero-order chi connectivity index (χ0) is 15.9. The third kappa shape index (κ3) is 2.91. The SMILES string of the molecule is Cc1sc2nc(COc3ccc(Br)cc3Cl)[nH]c(=O)c2c1C. The van der Waals surface area contributed by atoms with E-state index in [4.69, 9.17) is 16.3 Å². The van der Waals surface area contributed by atoms with Crippen LogP contribution in [0.3, 0.4) is 0 Å². The summed E-state index contributed by atoms with van der Waals surface area (Å²) in [7, 11) is 0. The van der Waals surface area contributed by atoms with Crippen LogP contribution in [-0.4, -0.2) is 9.97 Å². The number of halogens is 2. The molecule has 0 spiro atoms. The zero-order valence-corrected chi connectivity index (χ0v) is 15.0. The van der Waals surface area contributed by atoms with Crippen LogP contribution in [0.25, 0.3) is 10.2 Å². The maximum Gasteiger partial charge on any atom is 0.260 e. The number of rotatable bonds is 3. The fourth-order valence-electron chi connectivity index (χ4n) is 2.11. The number of hydrogen-bond acceptors (Lipinski definition) is 4. The number of aryl methyl sites for hydroxylation is 2. The lowest BCUT2D eigenvalue weighted by Gasteiger charge is -2.07. The van der Waals surface area contributed by atoms with Crippen molar-refractivity contribution in [2.24, 2.45) is 0 Å². The molecule has 3 rings (SSSR count).